The van der Waals surface area contributed by atoms with Crippen LogP contribution < -0.4 is 19.5 Å². The fraction of sp³-hybridized carbons (Fsp3) is 0.261. The molecule has 156 valence electrons. The molecule has 1 atom stereocenters. The van der Waals surface area contributed by atoms with Crippen LogP contribution in [0.3, 0.4) is 0 Å². The number of nitrogens with zero attached hydrogens (tertiary/aromatic N) is 2. The lowest BCUT2D eigenvalue weighted by Crippen LogP contribution is -2.44. The molecule has 0 fully saturated rings. The van der Waals surface area contributed by atoms with Crippen molar-refractivity contribution in [1.82, 2.24) is 9.47 Å². The first kappa shape index (κ1) is 19.7. The molecule has 7 heteroatoms. The van der Waals surface area contributed by atoms with Crippen LogP contribution in [0.25, 0.3) is 0 Å². The number of amides is 2. The molecule has 1 N–H and O–H groups in total. The second-order valence-corrected chi connectivity index (χ2v) is 6.99. The average Bonchev–Trinajstić information content (AvgIpc) is 3.27. The SMILES string of the molecule is COc1cccc(NC(=O)N2CCn3cccc3[C@H]2c2ccc(OC)cc2OC)c1. The highest BCUT2D eigenvalue weighted by molar-refractivity contribution is 5.90. The summed E-state index contributed by atoms with van der Waals surface area (Å²) in [7, 11) is 4.85. The molecule has 2 amide bonds. The largest absolute Gasteiger partial charge is 0.497 e. The lowest BCUT2D eigenvalue weighted by molar-refractivity contribution is 0.180. The van der Waals surface area contributed by atoms with Gasteiger partial charge in [0.05, 0.1) is 21.3 Å². The van der Waals surface area contributed by atoms with Gasteiger partial charge in [-0.2, -0.15) is 0 Å². The van der Waals surface area contributed by atoms with E-state index in [1.807, 2.05) is 59.6 Å². The molecule has 0 unspecified atom stereocenters. The molecule has 1 aliphatic rings. The van der Waals surface area contributed by atoms with E-state index in [-0.39, 0.29) is 12.1 Å². The van der Waals surface area contributed by atoms with E-state index in [0.29, 0.717) is 29.5 Å². The highest BCUT2D eigenvalue weighted by atomic mass is 16.5. The molecule has 7 nitrogen and oxygen atoms in total. The summed E-state index contributed by atoms with van der Waals surface area (Å²) in [6.07, 6.45) is 2.04. The number of methoxy groups -OCH3 is 3. The van der Waals surface area contributed by atoms with Gasteiger partial charge in [-0.05, 0) is 36.4 Å². The molecule has 4 rings (SSSR count). The van der Waals surface area contributed by atoms with Crippen molar-refractivity contribution in [3.63, 3.8) is 0 Å². The maximum Gasteiger partial charge on any atom is 0.322 e. The Balaban J connectivity index is 1.71. The zero-order valence-corrected chi connectivity index (χ0v) is 17.3. The zero-order chi connectivity index (χ0) is 21.1. The summed E-state index contributed by atoms with van der Waals surface area (Å²) in [5, 5.41) is 3.00. The Hall–Kier alpha value is -3.61. The van der Waals surface area contributed by atoms with E-state index in [4.69, 9.17) is 14.2 Å². The van der Waals surface area contributed by atoms with Crippen LogP contribution in [0.5, 0.6) is 17.2 Å². The van der Waals surface area contributed by atoms with Gasteiger partial charge in [-0.1, -0.05) is 6.07 Å². The molecule has 2 aromatic carbocycles. The molecular formula is C23H25N3O4. The van der Waals surface area contributed by atoms with Crippen LogP contribution >= 0.6 is 0 Å². The monoisotopic (exact) mass is 407 g/mol. The second kappa shape index (κ2) is 8.41. The molecule has 30 heavy (non-hydrogen) atoms. The van der Waals surface area contributed by atoms with Gasteiger partial charge >= 0.3 is 6.03 Å². The van der Waals surface area contributed by atoms with E-state index in [1.165, 1.54) is 0 Å². The van der Waals surface area contributed by atoms with Crippen LogP contribution in [-0.2, 0) is 6.54 Å². The molecule has 3 aromatic rings. The first-order valence-electron chi connectivity index (χ1n) is 9.73. The first-order chi connectivity index (χ1) is 14.6. The number of hydrogen-bond donors (Lipinski definition) is 1. The van der Waals surface area contributed by atoms with E-state index in [1.54, 1.807) is 27.4 Å². The van der Waals surface area contributed by atoms with Crippen molar-refractivity contribution in [3.8, 4) is 17.2 Å². The highest BCUT2D eigenvalue weighted by Gasteiger charge is 2.34. The van der Waals surface area contributed by atoms with Crippen molar-refractivity contribution in [2.45, 2.75) is 12.6 Å². The lowest BCUT2D eigenvalue weighted by atomic mass is 9.99. The molecule has 0 bridgehead atoms. The molecule has 0 spiro atoms. The Morgan fingerprint density at radius 2 is 1.73 bits per heavy atom. The van der Waals surface area contributed by atoms with Crippen LogP contribution in [0.1, 0.15) is 17.3 Å². The minimum absolute atomic E-state index is 0.182. The summed E-state index contributed by atoms with van der Waals surface area (Å²) in [5.74, 6) is 2.07. The van der Waals surface area contributed by atoms with Crippen molar-refractivity contribution in [3.05, 3.63) is 72.1 Å². The third-order valence-corrected chi connectivity index (χ3v) is 5.36. The van der Waals surface area contributed by atoms with Crippen molar-refractivity contribution in [1.29, 1.82) is 0 Å². The number of carbonyl (C=O) groups excluding carboxylic acids is 1. The highest BCUT2D eigenvalue weighted by Crippen LogP contribution is 2.39. The fourth-order valence-electron chi connectivity index (χ4n) is 3.87. The predicted molar refractivity (Wildman–Crippen MR) is 115 cm³/mol. The number of ether oxygens (including phenoxy) is 3. The molecule has 0 radical (unpaired) electrons. The number of anilines is 1. The standard InChI is InChI=1S/C23H25N3O4/c1-28-17-7-4-6-16(14-17)24-23(27)26-13-12-25-11-5-8-20(25)22(26)19-10-9-18(29-2)15-21(19)30-3/h4-11,14-15,22H,12-13H2,1-3H3,(H,24,27)/t22-/m1/s1. The van der Waals surface area contributed by atoms with E-state index < -0.39 is 0 Å². The fourth-order valence-corrected chi connectivity index (χ4v) is 3.87. The predicted octanol–water partition coefficient (Wildman–Crippen LogP) is 4.15. The molecule has 2 heterocycles. The van der Waals surface area contributed by atoms with Crippen LogP contribution in [0.2, 0.25) is 0 Å². The number of hydrogen-bond acceptors (Lipinski definition) is 4. The molecular weight excluding hydrogens is 382 g/mol. The summed E-state index contributed by atoms with van der Waals surface area (Å²) in [4.78, 5) is 15.1. The van der Waals surface area contributed by atoms with Crippen LogP contribution in [0.15, 0.2) is 60.8 Å². The summed E-state index contributed by atoms with van der Waals surface area (Å²) in [6.45, 7) is 1.29. The number of fused-ring (bicyclic) bond motifs is 1. The van der Waals surface area contributed by atoms with Gasteiger partial charge in [-0.25, -0.2) is 4.79 Å². The Kier molecular flexibility index (Phi) is 5.52. The van der Waals surface area contributed by atoms with Gasteiger partial charge in [0.15, 0.2) is 0 Å². The normalized spacial score (nSPS) is 15.3. The van der Waals surface area contributed by atoms with E-state index in [2.05, 4.69) is 9.88 Å². The molecule has 0 saturated carbocycles. The topological polar surface area (TPSA) is 65.0 Å². The van der Waals surface area contributed by atoms with E-state index in [0.717, 1.165) is 17.8 Å². The quantitative estimate of drug-likeness (QED) is 0.690. The maximum atomic E-state index is 13.3. The Bertz CT molecular complexity index is 1050. The van der Waals surface area contributed by atoms with Gasteiger partial charge in [0, 0.05) is 48.4 Å². The number of carbonyl (C=O) groups is 1. The van der Waals surface area contributed by atoms with Gasteiger partial charge in [0.2, 0.25) is 0 Å². The summed E-state index contributed by atoms with van der Waals surface area (Å²) >= 11 is 0. The Morgan fingerprint density at radius 3 is 2.50 bits per heavy atom. The third-order valence-electron chi connectivity index (χ3n) is 5.36. The van der Waals surface area contributed by atoms with Crippen LogP contribution in [-0.4, -0.2) is 43.4 Å². The van der Waals surface area contributed by atoms with Crippen LogP contribution in [0.4, 0.5) is 10.5 Å². The van der Waals surface area contributed by atoms with Gasteiger partial charge < -0.3 is 29.0 Å². The first-order valence-corrected chi connectivity index (χ1v) is 9.73. The second-order valence-electron chi connectivity index (χ2n) is 6.99. The Labute approximate surface area is 175 Å². The van der Waals surface area contributed by atoms with Gasteiger partial charge in [-0.15, -0.1) is 0 Å². The van der Waals surface area contributed by atoms with Crippen molar-refractivity contribution in [2.24, 2.45) is 0 Å². The summed E-state index contributed by atoms with van der Waals surface area (Å²) < 4.78 is 18.4. The number of urea groups is 1. The van der Waals surface area contributed by atoms with E-state index >= 15 is 0 Å². The Morgan fingerprint density at radius 1 is 0.933 bits per heavy atom. The third kappa shape index (κ3) is 3.66. The van der Waals surface area contributed by atoms with Crippen molar-refractivity contribution in [2.75, 3.05) is 33.2 Å². The molecule has 0 saturated heterocycles. The summed E-state index contributed by atoms with van der Waals surface area (Å²) in [6, 6.07) is 16.6. The van der Waals surface area contributed by atoms with Gasteiger partial charge in [0.25, 0.3) is 0 Å². The number of nitrogens with one attached hydrogen (secondary N) is 1. The number of aromatic nitrogens is 1. The molecule has 1 aromatic heterocycles. The molecule has 1 aliphatic heterocycles. The van der Waals surface area contributed by atoms with E-state index in [9.17, 15) is 4.79 Å². The number of rotatable bonds is 5. The smallest absolute Gasteiger partial charge is 0.322 e. The lowest BCUT2D eigenvalue weighted by Gasteiger charge is -2.37. The molecule has 0 aliphatic carbocycles. The average molecular weight is 407 g/mol. The minimum atomic E-state index is -0.291. The number of benzene rings is 2. The maximum absolute atomic E-state index is 13.3. The van der Waals surface area contributed by atoms with Gasteiger partial charge in [-0.3, -0.25) is 0 Å². The van der Waals surface area contributed by atoms with Crippen LogP contribution in [0, 0.1) is 0 Å². The zero-order valence-electron chi connectivity index (χ0n) is 17.3. The van der Waals surface area contributed by atoms with Gasteiger partial charge in [0.1, 0.15) is 23.3 Å². The van der Waals surface area contributed by atoms with Crippen molar-refractivity contribution < 1.29 is 19.0 Å². The summed E-state index contributed by atoms with van der Waals surface area (Å²) in [5.41, 5.74) is 2.62. The van der Waals surface area contributed by atoms with Crippen molar-refractivity contribution >= 4 is 11.7 Å². The minimum Gasteiger partial charge on any atom is -0.497 e.